The van der Waals surface area contributed by atoms with Crippen molar-refractivity contribution < 1.29 is 13.7 Å². The predicted octanol–water partition coefficient (Wildman–Crippen LogP) is 4.09. The fourth-order valence-corrected chi connectivity index (χ4v) is 2.57. The Morgan fingerprint density at radius 2 is 1.62 bits per heavy atom. The molecule has 0 saturated heterocycles. The number of carbonyl (C=O) groups excluding carboxylic acids is 1. The van der Waals surface area contributed by atoms with Gasteiger partial charge in [-0.25, -0.2) is 9.00 Å². The summed E-state index contributed by atoms with van der Waals surface area (Å²) in [4.78, 5) is 12.6. The smallest absolute Gasteiger partial charge is 0.338 e. The minimum absolute atomic E-state index is 0.366. The van der Waals surface area contributed by atoms with Gasteiger partial charge in [-0.2, -0.15) is 4.40 Å². The van der Waals surface area contributed by atoms with Crippen LogP contribution < -0.4 is 0 Å². The van der Waals surface area contributed by atoms with Gasteiger partial charge in [-0.05, 0) is 57.5 Å². The number of aryl methyl sites for hydroxylation is 1. The molecule has 0 heterocycles. The van der Waals surface area contributed by atoms with Crippen LogP contribution in [0.3, 0.4) is 0 Å². The molecule has 2 aromatic rings. The molecule has 0 aliphatic heterocycles. The summed E-state index contributed by atoms with van der Waals surface area (Å²) in [7, 11) is -1.44. The van der Waals surface area contributed by atoms with Gasteiger partial charge in [0.05, 0.1) is 10.5 Å². The topological polar surface area (TPSA) is 55.7 Å². The maximum absolute atomic E-state index is 12.1. The molecule has 0 radical (unpaired) electrons. The lowest BCUT2D eigenvalue weighted by Crippen LogP contribution is -2.23. The Kier molecular flexibility index (Phi) is 5.67. The van der Waals surface area contributed by atoms with E-state index in [0.29, 0.717) is 10.5 Å². The first-order valence-corrected chi connectivity index (χ1v) is 8.71. The van der Waals surface area contributed by atoms with E-state index in [-0.39, 0.29) is 5.97 Å². The minimum atomic E-state index is -1.44. The van der Waals surface area contributed by atoms with Crippen molar-refractivity contribution in [2.24, 2.45) is 4.40 Å². The summed E-state index contributed by atoms with van der Waals surface area (Å²) in [5.74, 6) is -0.366. The summed E-state index contributed by atoms with van der Waals surface area (Å²) in [6.07, 6.45) is 1.54. The van der Waals surface area contributed by atoms with Gasteiger partial charge in [0.25, 0.3) is 0 Å². The van der Waals surface area contributed by atoms with Gasteiger partial charge in [0, 0.05) is 6.21 Å². The Balaban J connectivity index is 2.04. The van der Waals surface area contributed by atoms with E-state index in [1.165, 1.54) is 6.21 Å². The molecule has 4 nitrogen and oxygen atoms in total. The number of hydrogen-bond acceptors (Lipinski definition) is 3. The van der Waals surface area contributed by atoms with E-state index in [0.717, 1.165) is 11.1 Å². The van der Waals surface area contributed by atoms with Gasteiger partial charge in [-0.15, -0.1) is 0 Å². The lowest BCUT2D eigenvalue weighted by molar-refractivity contribution is 0.00695. The molecule has 0 unspecified atom stereocenters. The van der Waals surface area contributed by atoms with Crippen molar-refractivity contribution in [3.63, 3.8) is 0 Å². The number of rotatable bonds is 4. The Labute approximate surface area is 145 Å². The maximum atomic E-state index is 12.1. The molecule has 0 fully saturated rings. The number of benzene rings is 2. The van der Waals surface area contributed by atoms with Crippen LogP contribution in [0, 0.1) is 6.92 Å². The molecule has 0 spiro atoms. The zero-order valence-electron chi connectivity index (χ0n) is 14.3. The van der Waals surface area contributed by atoms with E-state index in [9.17, 15) is 9.00 Å². The number of hydrogen-bond donors (Lipinski definition) is 0. The van der Waals surface area contributed by atoms with Gasteiger partial charge in [-0.1, -0.05) is 29.8 Å². The van der Waals surface area contributed by atoms with Crippen LogP contribution in [0.4, 0.5) is 0 Å². The highest BCUT2D eigenvalue weighted by Gasteiger charge is 2.17. The molecule has 0 bridgehead atoms. The van der Waals surface area contributed by atoms with Crippen LogP contribution in [-0.4, -0.2) is 22.0 Å². The Bertz CT molecular complexity index is 757. The number of ether oxygens (including phenoxy) is 1. The minimum Gasteiger partial charge on any atom is -0.456 e. The lowest BCUT2D eigenvalue weighted by atomic mass is 10.1. The average molecular weight is 343 g/mol. The second-order valence-electron chi connectivity index (χ2n) is 6.42. The summed E-state index contributed by atoms with van der Waals surface area (Å²) < 4.78 is 21.5. The fourth-order valence-electron chi connectivity index (χ4n) is 1.87. The summed E-state index contributed by atoms with van der Waals surface area (Å²) in [6.45, 7) is 7.45. The van der Waals surface area contributed by atoms with Crippen LogP contribution in [0.15, 0.2) is 57.8 Å². The molecular weight excluding hydrogens is 322 g/mol. The number of esters is 1. The SMILES string of the molecule is Cc1ccc([S@](=O)/N=C/c2ccc(C(=O)OC(C)(C)C)cc2)cc1. The molecular formula is C19H21NO3S. The van der Waals surface area contributed by atoms with Crippen LogP contribution in [-0.2, 0) is 15.7 Å². The van der Waals surface area contributed by atoms with Crippen LogP contribution in [0.1, 0.15) is 42.3 Å². The highest BCUT2D eigenvalue weighted by atomic mass is 32.2. The second-order valence-corrected chi connectivity index (χ2v) is 7.60. The summed E-state index contributed by atoms with van der Waals surface area (Å²) >= 11 is 0. The van der Waals surface area contributed by atoms with Crippen molar-refractivity contribution in [3.05, 3.63) is 65.2 Å². The number of nitrogens with zero attached hydrogens (tertiary/aromatic N) is 1. The second kappa shape index (κ2) is 7.53. The summed E-state index contributed by atoms with van der Waals surface area (Å²) in [5.41, 5.74) is 1.82. The highest BCUT2D eigenvalue weighted by molar-refractivity contribution is 7.83. The Morgan fingerprint density at radius 3 is 2.17 bits per heavy atom. The van der Waals surface area contributed by atoms with Crippen LogP contribution in [0.25, 0.3) is 0 Å². The van der Waals surface area contributed by atoms with Crippen molar-refractivity contribution in [3.8, 4) is 0 Å². The summed E-state index contributed by atoms with van der Waals surface area (Å²) in [6, 6.07) is 14.2. The lowest BCUT2D eigenvalue weighted by Gasteiger charge is -2.19. The first kappa shape index (κ1) is 18.1. The van der Waals surface area contributed by atoms with Crippen molar-refractivity contribution >= 4 is 23.2 Å². The van der Waals surface area contributed by atoms with Gasteiger partial charge in [0.1, 0.15) is 5.60 Å². The molecule has 2 aromatic carbocycles. The Morgan fingerprint density at radius 1 is 1.04 bits per heavy atom. The zero-order valence-corrected chi connectivity index (χ0v) is 15.1. The molecule has 0 N–H and O–H groups in total. The summed E-state index contributed by atoms with van der Waals surface area (Å²) in [5, 5.41) is 0. The van der Waals surface area contributed by atoms with Gasteiger partial charge in [-0.3, -0.25) is 0 Å². The standard InChI is InChI=1S/C19H21NO3S/c1-14-5-11-17(12-6-14)24(22)20-13-15-7-9-16(10-8-15)18(21)23-19(2,3)4/h5-13H,1-4H3/b20-13+/t24-/m0/s1. The van der Waals surface area contributed by atoms with E-state index in [4.69, 9.17) is 4.74 Å². The van der Waals surface area contributed by atoms with Crippen molar-refractivity contribution in [2.45, 2.75) is 38.2 Å². The van der Waals surface area contributed by atoms with Gasteiger partial charge in [0.2, 0.25) is 0 Å². The highest BCUT2D eigenvalue weighted by Crippen LogP contribution is 2.13. The molecule has 126 valence electrons. The zero-order chi connectivity index (χ0) is 17.7. The maximum Gasteiger partial charge on any atom is 0.338 e. The molecule has 0 aromatic heterocycles. The monoisotopic (exact) mass is 343 g/mol. The van der Waals surface area contributed by atoms with Crippen molar-refractivity contribution in [2.75, 3.05) is 0 Å². The first-order chi connectivity index (χ1) is 11.2. The average Bonchev–Trinajstić information content (AvgIpc) is 2.52. The van der Waals surface area contributed by atoms with Crippen molar-refractivity contribution in [1.29, 1.82) is 0 Å². The van der Waals surface area contributed by atoms with Gasteiger partial charge in [0.15, 0.2) is 11.0 Å². The van der Waals surface area contributed by atoms with E-state index in [1.54, 1.807) is 36.4 Å². The molecule has 1 atom stereocenters. The van der Waals surface area contributed by atoms with E-state index in [1.807, 2.05) is 39.8 Å². The quantitative estimate of drug-likeness (QED) is 0.620. The van der Waals surface area contributed by atoms with Gasteiger partial charge < -0.3 is 4.74 Å². The fraction of sp³-hybridized carbons (Fsp3) is 0.263. The van der Waals surface area contributed by atoms with E-state index < -0.39 is 16.6 Å². The predicted molar refractivity (Wildman–Crippen MR) is 96.8 cm³/mol. The van der Waals surface area contributed by atoms with Crippen LogP contribution in [0.2, 0.25) is 0 Å². The molecule has 0 aliphatic rings. The third-order valence-corrected chi connectivity index (χ3v) is 4.04. The molecule has 0 saturated carbocycles. The normalized spacial score (nSPS) is 13.0. The van der Waals surface area contributed by atoms with Crippen LogP contribution >= 0.6 is 0 Å². The molecule has 2 rings (SSSR count). The Hall–Kier alpha value is -2.27. The third-order valence-electron chi connectivity index (χ3n) is 3.07. The number of carbonyl (C=O) groups is 1. The van der Waals surface area contributed by atoms with E-state index >= 15 is 0 Å². The molecule has 0 aliphatic carbocycles. The molecule has 24 heavy (non-hydrogen) atoms. The van der Waals surface area contributed by atoms with E-state index in [2.05, 4.69) is 4.40 Å². The molecule has 5 heteroatoms. The van der Waals surface area contributed by atoms with Crippen LogP contribution in [0.5, 0.6) is 0 Å². The third kappa shape index (κ3) is 5.42. The largest absolute Gasteiger partial charge is 0.456 e. The first-order valence-electron chi connectivity index (χ1n) is 7.61. The van der Waals surface area contributed by atoms with Crippen molar-refractivity contribution in [1.82, 2.24) is 0 Å². The molecule has 0 amide bonds. The van der Waals surface area contributed by atoms with Gasteiger partial charge >= 0.3 is 5.97 Å².